The summed E-state index contributed by atoms with van der Waals surface area (Å²) in [6.07, 6.45) is 7.07. The SMILES string of the molecule is Fc1ccc(-c2nccc3[nH]c(-c4[nH]nc5ncc(-c6cccnc6)cc45)cc23)s1. The van der Waals surface area contributed by atoms with Crippen LogP contribution in [0.15, 0.2) is 67.3 Å². The fourth-order valence-corrected chi connectivity index (χ4v) is 4.36. The molecule has 0 saturated carbocycles. The molecule has 2 N–H and O–H groups in total. The highest BCUT2D eigenvalue weighted by atomic mass is 32.1. The van der Waals surface area contributed by atoms with E-state index in [0.717, 1.165) is 60.7 Å². The fourth-order valence-electron chi connectivity index (χ4n) is 3.62. The van der Waals surface area contributed by atoms with Crippen molar-refractivity contribution in [3.8, 4) is 33.1 Å². The highest BCUT2D eigenvalue weighted by molar-refractivity contribution is 7.13. The van der Waals surface area contributed by atoms with E-state index in [-0.39, 0.29) is 5.13 Å². The highest BCUT2D eigenvalue weighted by Gasteiger charge is 2.16. The molecule has 0 amide bonds. The molecule has 30 heavy (non-hydrogen) atoms. The number of pyridine rings is 3. The molecule has 0 atom stereocenters. The molecule has 6 aromatic heterocycles. The minimum absolute atomic E-state index is 0.229. The number of H-pyrrole nitrogens is 2. The lowest BCUT2D eigenvalue weighted by molar-refractivity contribution is 0.657. The first-order valence-corrected chi connectivity index (χ1v) is 10.1. The topological polar surface area (TPSA) is 83.1 Å². The average Bonchev–Trinajstić information content (AvgIpc) is 3.51. The zero-order valence-corrected chi connectivity index (χ0v) is 16.2. The second-order valence-electron chi connectivity index (χ2n) is 6.84. The van der Waals surface area contributed by atoms with E-state index in [1.54, 1.807) is 24.7 Å². The zero-order valence-electron chi connectivity index (χ0n) is 15.4. The molecule has 0 aliphatic rings. The first-order chi connectivity index (χ1) is 14.8. The van der Waals surface area contributed by atoms with E-state index in [2.05, 4.69) is 36.2 Å². The Bertz CT molecular complexity index is 1520. The van der Waals surface area contributed by atoms with Gasteiger partial charge in [0.1, 0.15) is 0 Å². The van der Waals surface area contributed by atoms with Gasteiger partial charge in [0.25, 0.3) is 0 Å². The maximum Gasteiger partial charge on any atom is 0.181 e. The van der Waals surface area contributed by atoms with Crippen LogP contribution in [0.3, 0.4) is 0 Å². The molecule has 0 spiro atoms. The predicted molar refractivity (Wildman–Crippen MR) is 115 cm³/mol. The molecular formula is C22H13FN6S. The summed E-state index contributed by atoms with van der Waals surface area (Å²) in [4.78, 5) is 17.4. The van der Waals surface area contributed by atoms with Gasteiger partial charge in [-0.1, -0.05) is 6.07 Å². The van der Waals surface area contributed by atoms with Crippen molar-refractivity contribution in [2.75, 3.05) is 0 Å². The van der Waals surface area contributed by atoms with Crippen molar-refractivity contribution in [3.63, 3.8) is 0 Å². The number of nitrogens with one attached hydrogen (secondary N) is 2. The minimum Gasteiger partial charge on any atom is -0.353 e. The van der Waals surface area contributed by atoms with Crippen molar-refractivity contribution in [1.82, 2.24) is 30.1 Å². The first kappa shape index (κ1) is 17.0. The summed E-state index contributed by atoms with van der Waals surface area (Å²) >= 11 is 1.09. The predicted octanol–water partition coefficient (Wildman–Crippen LogP) is 5.43. The van der Waals surface area contributed by atoms with Crippen molar-refractivity contribution >= 4 is 33.3 Å². The molecule has 8 heteroatoms. The normalized spacial score (nSPS) is 11.5. The first-order valence-electron chi connectivity index (χ1n) is 9.24. The van der Waals surface area contributed by atoms with E-state index in [1.165, 1.54) is 6.07 Å². The highest BCUT2D eigenvalue weighted by Crippen LogP contribution is 2.35. The summed E-state index contributed by atoms with van der Waals surface area (Å²) in [6, 6.07) is 13.1. The van der Waals surface area contributed by atoms with Gasteiger partial charge in [-0.3, -0.25) is 15.1 Å². The Morgan fingerprint density at radius 1 is 0.900 bits per heavy atom. The van der Waals surface area contributed by atoms with Gasteiger partial charge in [0, 0.05) is 52.2 Å². The molecule has 0 radical (unpaired) electrons. The molecule has 144 valence electrons. The Morgan fingerprint density at radius 3 is 2.70 bits per heavy atom. The molecule has 0 aliphatic carbocycles. The van der Waals surface area contributed by atoms with Crippen LogP contribution in [0, 0.1) is 5.13 Å². The summed E-state index contributed by atoms with van der Waals surface area (Å²) in [7, 11) is 0. The third-order valence-electron chi connectivity index (χ3n) is 5.03. The molecule has 6 aromatic rings. The van der Waals surface area contributed by atoms with Gasteiger partial charge in [0.2, 0.25) is 0 Å². The van der Waals surface area contributed by atoms with Crippen LogP contribution in [0.2, 0.25) is 0 Å². The third-order valence-corrected chi connectivity index (χ3v) is 5.91. The van der Waals surface area contributed by atoms with Crippen LogP contribution in [0.1, 0.15) is 0 Å². The van der Waals surface area contributed by atoms with Crippen molar-refractivity contribution in [2.24, 2.45) is 0 Å². The number of thiophene rings is 1. The van der Waals surface area contributed by atoms with Crippen molar-refractivity contribution in [2.45, 2.75) is 0 Å². The summed E-state index contributed by atoms with van der Waals surface area (Å²) in [5.74, 6) is 0. The number of rotatable bonds is 3. The van der Waals surface area contributed by atoms with Gasteiger partial charge in [0.05, 0.1) is 22.0 Å². The van der Waals surface area contributed by atoms with E-state index in [9.17, 15) is 4.39 Å². The van der Waals surface area contributed by atoms with Crippen LogP contribution < -0.4 is 0 Å². The lowest BCUT2D eigenvalue weighted by Gasteiger charge is -2.01. The fraction of sp³-hybridized carbons (Fsp3) is 0. The Labute approximate surface area is 173 Å². The van der Waals surface area contributed by atoms with Gasteiger partial charge in [-0.05, 0) is 36.4 Å². The number of aromatic nitrogens is 6. The maximum absolute atomic E-state index is 13.6. The van der Waals surface area contributed by atoms with Gasteiger partial charge in [-0.2, -0.15) is 9.49 Å². The number of fused-ring (bicyclic) bond motifs is 2. The van der Waals surface area contributed by atoms with Crippen molar-refractivity contribution < 1.29 is 4.39 Å². The monoisotopic (exact) mass is 412 g/mol. The van der Waals surface area contributed by atoms with Crippen LogP contribution in [0.25, 0.3) is 55.0 Å². The van der Waals surface area contributed by atoms with E-state index in [1.807, 2.05) is 30.5 Å². The van der Waals surface area contributed by atoms with Crippen LogP contribution in [-0.2, 0) is 0 Å². The molecule has 0 aliphatic heterocycles. The van der Waals surface area contributed by atoms with E-state index >= 15 is 0 Å². The zero-order chi connectivity index (χ0) is 20.1. The Balaban J connectivity index is 1.52. The van der Waals surface area contributed by atoms with Gasteiger partial charge in [-0.25, -0.2) is 4.98 Å². The smallest absolute Gasteiger partial charge is 0.181 e. The minimum atomic E-state index is -0.229. The summed E-state index contributed by atoms with van der Waals surface area (Å²) < 4.78 is 13.6. The largest absolute Gasteiger partial charge is 0.353 e. The molecule has 0 bridgehead atoms. The molecule has 0 saturated heterocycles. The van der Waals surface area contributed by atoms with Crippen LogP contribution >= 0.6 is 11.3 Å². The van der Waals surface area contributed by atoms with Gasteiger partial charge in [0.15, 0.2) is 10.8 Å². The Hall–Kier alpha value is -3.91. The number of hydrogen-bond donors (Lipinski definition) is 2. The lowest BCUT2D eigenvalue weighted by Crippen LogP contribution is -1.83. The number of halogens is 1. The molecule has 0 unspecified atom stereocenters. The summed E-state index contributed by atoms with van der Waals surface area (Å²) in [5, 5.41) is 9.04. The quantitative estimate of drug-likeness (QED) is 0.406. The molecular weight excluding hydrogens is 399 g/mol. The van der Waals surface area contributed by atoms with E-state index in [4.69, 9.17) is 0 Å². The molecule has 6 heterocycles. The van der Waals surface area contributed by atoms with Gasteiger partial charge in [-0.15, -0.1) is 11.3 Å². The van der Waals surface area contributed by atoms with E-state index < -0.39 is 0 Å². The summed E-state index contributed by atoms with van der Waals surface area (Å²) in [5.41, 5.74) is 5.96. The van der Waals surface area contributed by atoms with Crippen LogP contribution in [0.5, 0.6) is 0 Å². The molecule has 0 aromatic carbocycles. The molecule has 6 rings (SSSR count). The lowest BCUT2D eigenvalue weighted by atomic mass is 10.1. The Kier molecular flexibility index (Phi) is 3.72. The summed E-state index contributed by atoms with van der Waals surface area (Å²) in [6.45, 7) is 0. The second-order valence-corrected chi connectivity index (χ2v) is 7.88. The van der Waals surface area contributed by atoms with Crippen LogP contribution in [-0.4, -0.2) is 30.1 Å². The molecule has 6 nitrogen and oxygen atoms in total. The van der Waals surface area contributed by atoms with Gasteiger partial charge >= 0.3 is 0 Å². The van der Waals surface area contributed by atoms with Crippen molar-refractivity contribution in [3.05, 3.63) is 72.4 Å². The number of hydrogen-bond acceptors (Lipinski definition) is 5. The number of aromatic amines is 2. The molecule has 0 fully saturated rings. The second kappa shape index (κ2) is 6.57. The average molecular weight is 412 g/mol. The Morgan fingerprint density at radius 2 is 1.87 bits per heavy atom. The third kappa shape index (κ3) is 2.69. The number of nitrogens with zero attached hydrogens (tertiary/aromatic N) is 4. The maximum atomic E-state index is 13.6. The van der Waals surface area contributed by atoms with Crippen LogP contribution in [0.4, 0.5) is 4.39 Å². The van der Waals surface area contributed by atoms with E-state index in [0.29, 0.717) is 5.65 Å². The standard InChI is InChI=1S/C22H13FN6S/c23-19-4-3-18(30-19)21-14-9-17(27-16(14)5-7-25-21)20-15-8-13(11-26-22(15)29-28-20)12-2-1-6-24-10-12/h1-11,27H,(H,26,28,29). The van der Waals surface area contributed by atoms with Crippen molar-refractivity contribution in [1.29, 1.82) is 0 Å². The van der Waals surface area contributed by atoms with Gasteiger partial charge < -0.3 is 4.98 Å².